The van der Waals surface area contributed by atoms with E-state index in [-0.39, 0.29) is 17.8 Å². The molecule has 29 heavy (non-hydrogen) atoms. The van der Waals surface area contributed by atoms with E-state index in [0.717, 1.165) is 24.1 Å². The lowest BCUT2D eigenvalue weighted by Crippen LogP contribution is -2.32. The van der Waals surface area contributed by atoms with Gasteiger partial charge in [0.1, 0.15) is 11.5 Å². The van der Waals surface area contributed by atoms with E-state index in [0.29, 0.717) is 23.8 Å². The van der Waals surface area contributed by atoms with Crippen molar-refractivity contribution in [3.05, 3.63) is 72.1 Å². The maximum Gasteiger partial charge on any atom is 0.273 e. The molecule has 1 aliphatic rings. The summed E-state index contributed by atoms with van der Waals surface area (Å²) in [7, 11) is 3.73. The second-order valence-electron chi connectivity index (χ2n) is 7.25. The van der Waals surface area contributed by atoms with Gasteiger partial charge in [0.2, 0.25) is 5.95 Å². The van der Waals surface area contributed by atoms with Gasteiger partial charge in [0.15, 0.2) is 0 Å². The quantitative estimate of drug-likeness (QED) is 0.678. The number of rotatable bonds is 4. The highest BCUT2D eigenvalue weighted by atomic mass is 19.1. The lowest BCUT2D eigenvalue weighted by atomic mass is 9.99. The monoisotopic (exact) mass is 391 g/mol. The van der Waals surface area contributed by atoms with E-state index in [1.165, 1.54) is 12.1 Å². The molecule has 4 rings (SSSR count). The predicted octanol–water partition coefficient (Wildman–Crippen LogP) is 3.72. The van der Waals surface area contributed by atoms with Gasteiger partial charge in [-0.3, -0.25) is 9.78 Å². The largest absolute Gasteiger partial charge is 0.347 e. The number of benzene rings is 1. The molecule has 148 valence electrons. The number of likely N-dealkylation sites (tertiary alicyclic amines) is 1. The van der Waals surface area contributed by atoms with Crippen LogP contribution in [0.25, 0.3) is 11.1 Å². The van der Waals surface area contributed by atoms with Gasteiger partial charge in [0.25, 0.3) is 5.91 Å². The third-order valence-electron chi connectivity index (χ3n) is 5.05. The fourth-order valence-electron chi connectivity index (χ4n) is 3.66. The van der Waals surface area contributed by atoms with Crippen LogP contribution in [-0.2, 0) is 0 Å². The van der Waals surface area contributed by atoms with Crippen molar-refractivity contribution in [2.24, 2.45) is 0 Å². The molecule has 2 aromatic heterocycles. The van der Waals surface area contributed by atoms with Crippen LogP contribution in [-0.4, -0.2) is 46.4 Å². The lowest BCUT2D eigenvalue weighted by Gasteiger charge is -2.26. The van der Waals surface area contributed by atoms with Crippen molar-refractivity contribution in [2.45, 2.75) is 18.9 Å². The van der Waals surface area contributed by atoms with Crippen LogP contribution in [0.15, 0.2) is 54.9 Å². The van der Waals surface area contributed by atoms with Crippen molar-refractivity contribution in [2.75, 3.05) is 25.5 Å². The lowest BCUT2D eigenvalue weighted by molar-refractivity contribution is 0.0727. The van der Waals surface area contributed by atoms with Gasteiger partial charge in [-0.15, -0.1) is 0 Å². The Labute approximate surface area is 169 Å². The second kappa shape index (κ2) is 7.95. The zero-order valence-corrected chi connectivity index (χ0v) is 16.4. The first kappa shape index (κ1) is 19.0. The Morgan fingerprint density at radius 3 is 2.76 bits per heavy atom. The summed E-state index contributed by atoms with van der Waals surface area (Å²) >= 11 is 0. The molecule has 1 aliphatic heterocycles. The van der Waals surface area contributed by atoms with Crippen LogP contribution in [0.3, 0.4) is 0 Å². The average molecular weight is 391 g/mol. The van der Waals surface area contributed by atoms with Crippen LogP contribution < -0.4 is 4.90 Å². The molecule has 0 N–H and O–H groups in total. The van der Waals surface area contributed by atoms with Gasteiger partial charge < -0.3 is 9.80 Å². The topological polar surface area (TPSA) is 62.2 Å². The number of halogens is 1. The normalized spacial score (nSPS) is 16.1. The van der Waals surface area contributed by atoms with E-state index in [1.807, 2.05) is 30.0 Å². The maximum atomic E-state index is 13.9. The molecular weight excluding hydrogens is 369 g/mol. The molecule has 1 fully saturated rings. The van der Waals surface area contributed by atoms with E-state index in [2.05, 4.69) is 9.97 Å². The molecule has 0 bridgehead atoms. The molecule has 3 heterocycles. The molecule has 1 atom stereocenters. The fourth-order valence-corrected chi connectivity index (χ4v) is 3.66. The highest BCUT2D eigenvalue weighted by Crippen LogP contribution is 2.37. The van der Waals surface area contributed by atoms with Crippen LogP contribution in [0.5, 0.6) is 0 Å². The minimum absolute atomic E-state index is 0.122. The van der Waals surface area contributed by atoms with Gasteiger partial charge in [-0.25, -0.2) is 14.4 Å². The molecule has 0 radical (unpaired) electrons. The molecule has 0 aliphatic carbocycles. The van der Waals surface area contributed by atoms with E-state index >= 15 is 0 Å². The summed E-state index contributed by atoms with van der Waals surface area (Å²) in [5.74, 6) is 0.110. The number of nitrogens with zero attached hydrogens (tertiary/aromatic N) is 5. The number of amides is 1. The smallest absolute Gasteiger partial charge is 0.273 e. The number of hydrogen-bond donors (Lipinski definition) is 0. The molecule has 7 heteroatoms. The van der Waals surface area contributed by atoms with E-state index < -0.39 is 0 Å². The number of anilines is 1. The van der Waals surface area contributed by atoms with Gasteiger partial charge >= 0.3 is 0 Å². The van der Waals surface area contributed by atoms with E-state index in [9.17, 15) is 9.18 Å². The average Bonchev–Trinajstić information content (AvgIpc) is 3.23. The minimum atomic E-state index is -0.321. The summed E-state index contributed by atoms with van der Waals surface area (Å²) in [5.41, 5.74) is 2.58. The van der Waals surface area contributed by atoms with E-state index in [4.69, 9.17) is 4.98 Å². The fraction of sp³-hybridized carbons (Fsp3) is 0.273. The molecule has 1 saturated heterocycles. The first-order chi connectivity index (χ1) is 14.0. The SMILES string of the molecule is CN(C)c1ncc(-c2cccc(F)c2)c(C2CCCN2C(=O)c2ccccn2)n1. The summed E-state index contributed by atoms with van der Waals surface area (Å²) in [6, 6.07) is 11.5. The van der Waals surface area contributed by atoms with Crippen LogP contribution in [0.2, 0.25) is 0 Å². The zero-order chi connectivity index (χ0) is 20.4. The third-order valence-corrected chi connectivity index (χ3v) is 5.05. The Hall–Kier alpha value is -3.35. The van der Waals surface area contributed by atoms with Gasteiger partial charge in [-0.1, -0.05) is 18.2 Å². The number of hydrogen-bond acceptors (Lipinski definition) is 5. The summed E-state index contributed by atoms with van der Waals surface area (Å²) < 4.78 is 13.9. The van der Waals surface area contributed by atoms with Crippen molar-refractivity contribution < 1.29 is 9.18 Å². The van der Waals surface area contributed by atoms with Gasteiger partial charge in [0, 0.05) is 38.6 Å². The Morgan fingerprint density at radius 1 is 1.17 bits per heavy atom. The van der Waals surface area contributed by atoms with E-state index in [1.54, 1.807) is 36.7 Å². The summed E-state index contributed by atoms with van der Waals surface area (Å²) in [6.07, 6.45) is 4.98. The summed E-state index contributed by atoms with van der Waals surface area (Å²) in [4.78, 5) is 30.1. The van der Waals surface area contributed by atoms with Gasteiger partial charge in [-0.2, -0.15) is 0 Å². The molecule has 0 spiro atoms. The van der Waals surface area contributed by atoms with Crippen LogP contribution >= 0.6 is 0 Å². The van der Waals surface area contributed by atoms with Crippen molar-refractivity contribution >= 4 is 11.9 Å². The standard InChI is InChI=1S/C22H22FN5O/c1-27(2)22-25-14-17(15-7-5-8-16(23)13-15)20(26-22)19-10-6-12-28(19)21(29)18-9-3-4-11-24-18/h3-5,7-9,11,13-14,19H,6,10,12H2,1-2H3. The number of carbonyl (C=O) groups is 1. The third kappa shape index (κ3) is 3.81. The minimum Gasteiger partial charge on any atom is -0.347 e. The Kier molecular flexibility index (Phi) is 5.20. The molecule has 6 nitrogen and oxygen atoms in total. The molecule has 1 amide bonds. The number of aromatic nitrogens is 3. The van der Waals surface area contributed by atoms with Crippen molar-refractivity contribution in [1.82, 2.24) is 19.9 Å². The summed E-state index contributed by atoms with van der Waals surface area (Å²) in [6.45, 7) is 0.629. The maximum absolute atomic E-state index is 13.9. The van der Waals surface area contributed by atoms with Crippen molar-refractivity contribution in [1.29, 1.82) is 0 Å². The van der Waals surface area contributed by atoms with Gasteiger partial charge in [-0.05, 0) is 42.7 Å². The van der Waals surface area contributed by atoms with Crippen LogP contribution in [0, 0.1) is 5.82 Å². The highest BCUT2D eigenvalue weighted by molar-refractivity contribution is 5.92. The zero-order valence-electron chi connectivity index (χ0n) is 16.4. The Bertz CT molecular complexity index is 1020. The number of carbonyl (C=O) groups excluding carboxylic acids is 1. The van der Waals surface area contributed by atoms with Crippen LogP contribution in [0.4, 0.5) is 10.3 Å². The van der Waals surface area contributed by atoms with Gasteiger partial charge in [0.05, 0.1) is 11.7 Å². The van der Waals surface area contributed by atoms with Crippen LogP contribution in [0.1, 0.15) is 35.1 Å². The molecule has 1 unspecified atom stereocenters. The predicted molar refractivity (Wildman–Crippen MR) is 109 cm³/mol. The molecular formula is C22H22FN5O. The Morgan fingerprint density at radius 2 is 2.03 bits per heavy atom. The molecule has 1 aromatic carbocycles. The number of pyridine rings is 1. The molecule has 0 saturated carbocycles. The first-order valence-electron chi connectivity index (χ1n) is 9.57. The van der Waals surface area contributed by atoms with Crippen molar-refractivity contribution in [3.8, 4) is 11.1 Å². The highest BCUT2D eigenvalue weighted by Gasteiger charge is 2.34. The second-order valence-corrected chi connectivity index (χ2v) is 7.25. The Balaban J connectivity index is 1.79. The molecule has 3 aromatic rings. The summed E-state index contributed by atoms with van der Waals surface area (Å²) in [5, 5.41) is 0. The first-order valence-corrected chi connectivity index (χ1v) is 9.57. The van der Waals surface area contributed by atoms with Crippen molar-refractivity contribution in [3.63, 3.8) is 0 Å².